The third-order valence-electron chi connectivity index (χ3n) is 2.96. The quantitative estimate of drug-likeness (QED) is 0.370. The second-order valence-corrected chi connectivity index (χ2v) is 6.40. The van der Waals surface area contributed by atoms with Crippen molar-refractivity contribution in [1.82, 2.24) is 15.2 Å². The van der Waals surface area contributed by atoms with Gasteiger partial charge in [-0.25, -0.2) is 0 Å². The van der Waals surface area contributed by atoms with Gasteiger partial charge in [0.1, 0.15) is 6.10 Å². The van der Waals surface area contributed by atoms with Crippen molar-refractivity contribution in [1.29, 1.82) is 0 Å². The largest absolute Gasteiger partial charge is 0.386 e. The molecule has 1 unspecified atom stereocenters. The zero-order valence-electron chi connectivity index (χ0n) is 12.4. The molecule has 2 aromatic heterocycles. The molecule has 0 saturated carbocycles. The van der Waals surface area contributed by atoms with E-state index in [1.807, 2.05) is 36.1 Å². The Hall–Kier alpha value is -0.770. The molecular formula is C14H20ClIN4OS. The van der Waals surface area contributed by atoms with Gasteiger partial charge in [0, 0.05) is 44.5 Å². The van der Waals surface area contributed by atoms with Crippen LogP contribution in [0.3, 0.4) is 0 Å². The Kier molecular flexibility index (Phi) is 8.23. The zero-order valence-corrected chi connectivity index (χ0v) is 16.3. The van der Waals surface area contributed by atoms with Crippen LogP contribution in [0.15, 0.2) is 35.6 Å². The summed E-state index contributed by atoms with van der Waals surface area (Å²) in [5, 5.41) is 16.4. The molecule has 0 bridgehead atoms. The first-order valence-corrected chi connectivity index (χ1v) is 7.76. The van der Waals surface area contributed by atoms with E-state index in [4.69, 9.17) is 11.6 Å². The Morgan fingerprint density at radius 2 is 2.18 bits per heavy atom. The number of aliphatic imine (C=N–C) groups is 1. The second-order valence-electron chi connectivity index (χ2n) is 4.65. The van der Waals surface area contributed by atoms with Gasteiger partial charge in [0.25, 0.3) is 0 Å². The number of nitrogens with zero attached hydrogens (tertiary/aromatic N) is 2. The van der Waals surface area contributed by atoms with Gasteiger partial charge >= 0.3 is 0 Å². The first-order chi connectivity index (χ1) is 10.1. The molecule has 0 saturated heterocycles. The van der Waals surface area contributed by atoms with Crippen molar-refractivity contribution < 1.29 is 5.11 Å². The van der Waals surface area contributed by atoms with Crippen molar-refractivity contribution in [2.45, 2.75) is 12.6 Å². The summed E-state index contributed by atoms with van der Waals surface area (Å²) in [6, 6.07) is 5.66. The average Bonchev–Trinajstić information content (AvgIpc) is 3.07. The highest BCUT2D eigenvalue weighted by Crippen LogP contribution is 2.26. The molecule has 3 N–H and O–H groups in total. The van der Waals surface area contributed by atoms with Gasteiger partial charge in [0.15, 0.2) is 5.96 Å². The zero-order chi connectivity index (χ0) is 15.2. The lowest BCUT2D eigenvalue weighted by molar-refractivity contribution is 0.184. The maximum absolute atomic E-state index is 10.1. The van der Waals surface area contributed by atoms with Gasteiger partial charge in [0.2, 0.25) is 0 Å². The Balaban J connectivity index is 0.00000242. The summed E-state index contributed by atoms with van der Waals surface area (Å²) >= 11 is 7.24. The highest BCUT2D eigenvalue weighted by molar-refractivity contribution is 14.0. The molecule has 22 heavy (non-hydrogen) atoms. The summed E-state index contributed by atoms with van der Waals surface area (Å²) in [5.41, 5.74) is 1.17. The molecule has 1 atom stereocenters. The van der Waals surface area contributed by atoms with Crippen LogP contribution in [0.25, 0.3) is 0 Å². The maximum atomic E-state index is 10.1. The van der Waals surface area contributed by atoms with E-state index in [1.54, 1.807) is 13.1 Å². The highest BCUT2D eigenvalue weighted by atomic mass is 127. The second kappa shape index (κ2) is 9.39. The molecular weight excluding hydrogens is 435 g/mol. The van der Waals surface area contributed by atoms with Crippen molar-refractivity contribution in [3.63, 3.8) is 0 Å². The minimum Gasteiger partial charge on any atom is -0.386 e. The molecule has 0 aliphatic carbocycles. The van der Waals surface area contributed by atoms with Crippen LogP contribution >= 0.6 is 46.9 Å². The maximum Gasteiger partial charge on any atom is 0.191 e. The van der Waals surface area contributed by atoms with E-state index < -0.39 is 6.10 Å². The molecule has 0 aliphatic rings. The van der Waals surface area contributed by atoms with Gasteiger partial charge < -0.3 is 20.3 Å². The molecule has 0 spiro atoms. The van der Waals surface area contributed by atoms with Gasteiger partial charge in [-0.1, -0.05) is 11.6 Å². The van der Waals surface area contributed by atoms with Crippen molar-refractivity contribution in [3.8, 4) is 0 Å². The lowest BCUT2D eigenvalue weighted by Gasteiger charge is -2.14. The molecule has 2 rings (SSSR count). The van der Waals surface area contributed by atoms with Crippen molar-refractivity contribution in [3.05, 3.63) is 45.4 Å². The fraction of sp³-hybridized carbons (Fsp3) is 0.357. The fourth-order valence-corrected chi connectivity index (χ4v) is 2.92. The molecule has 0 aliphatic heterocycles. The van der Waals surface area contributed by atoms with Crippen molar-refractivity contribution in [2.24, 2.45) is 12.0 Å². The SMILES string of the molecule is CN=C(NCc1ccn(C)c1)NCC(O)c1ccc(Cl)s1.I. The Labute approximate surface area is 156 Å². The molecule has 0 radical (unpaired) electrons. The van der Waals surface area contributed by atoms with E-state index in [2.05, 4.69) is 15.6 Å². The minimum atomic E-state index is -0.599. The number of rotatable bonds is 5. The Bertz CT molecular complexity index is 614. The number of hydrogen-bond acceptors (Lipinski definition) is 3. The van der Waals surface area contributed by atoms with Gasteiger partial charge in [0.05, 0.1) is 4.34 Å². The van der Waals surface area contributed by atoms with E-state index >= 15 is 0 Å². The van der Waals surface area contributed by atoms with Crippen LogP contribution in [0.5, 0.6) is 0 Å². The van der Waals surface area contributed by atoms with Crippen LogP contribution in [0, 0.1) is 0 Å². The van der Waals surface area contributed by atoms with Crippen LogP contribution in [-0.2, 0) is 13.6 Å². The lowest BCUT2D eigenvalue weighted by atomic mass is 10.3. The van der Waals surface area contributed by atoms with E-state index in [0.29, 0.717) is 23.4 Å². The summed E-state index contributed by atoms with van der Waals surface area (Å²) in [6.07, 6.45) is 3.44. The summed E-state index contributed by atoms with van der Waals surface area (Å²) in [7, 11) is 3.69. The topological polar surface area (TPSA) is 61.6 Å². The number of aliphatic hydroxyl groups excluding tert-OH is 1. The van der Waals surface area contributed by atoms with Crippen LogP contribution in [-0.4, -0.2) is 29.2 Å². The molecule has 0 amide bonds. The molecule has 8 heteroatoms. The monoisotopic (exact) mass is 454 g/mol. The number of thiophene rings is 1. The first-order valence-electron chi connectivity index (χ1n) is 6.57. The number of nitrogens with one attached hydrogen (secondary N) is 2. The molecule has 122 valence electrons. The summed E-state index contributed by atoms with van der Waals surface area (Å²) < 4.78 is 2.67. The third kappa shape index (κ3) is 5.79. The number of halogens is 2. The van der Waals surface area contributed by atoms with Crippen molar-refractivity contribution in [2.75, 3.05) is 13.6 Å². The standard InChI is InChI=1S/C14H19ClN4OS.HI/c1-16-14(17-7-10-5-6-19(2)9-10)18-8-11(20)12-3-4-13(15)21-12;/h3-6,9,11,20H,7-8H2,1-2H3,(H2,16,17,18);1H. The van der Waals surface area contributed by atoms with Crippen LogP contribution < -0.4 is 10.6 Å². The predicted molar refractivity (Wildman–Crippen MR) is 103 cm³/mol. The lowest BCUT2D eigenvalue weighted by Crippen LogP contribution is -2.38. The van der Waals surface area contributed by atoms with E-state index in [1.165, 1.54) is 16.9 Å². The highest BCUT2D eigenvalue weighted by Gasteiger charge is 2.10. The summed E-state index contributed by atoms with van der Waals surface area (Å²) in [6.45, 7) is 1.06. The molecule has 0 aromatic carbocycles. The number of aryl methyl sites for hydroxylation is 1. The van der Waals surface area contributed by atoms with Gasteiger partial charge in [-0.15, -0.1) is 35.3 Å². The summed E-state index contributed by atoms with van der Waals surface area (Å²) in [4.78, 5) is 4.97. The van der Waals surface area contributed by atoms with E-state index in [0.717, 1.165) is 4.88 Å². The third-order valence-corrected chi connectivity index (χ3v) is 4.29. The normalized spacial score (nSPS) is 12.6. The first kappa shape index (κ1) is 19.3. The number of guanidine groups is 1. The van der Waals surface area contributed by atoms with Gasteiger partial charge in [-0.2, -0.15) is 0 Å². The predicted octanol–water partition coefficient (Wildman–Crippen LogP) is 2.76. The summed E-state index contributed by atoms with van der Waals surface area (Å²) in [5.74, 6) is 0.653. The number of hydrogen-bond donors (Lipinski definition) is 3. The van der Waals surface area contributed by atoms with E-state index in [9.17, 15) is 5.11 Å². The van der Waals surface area contributed by atoms with Gasteiger partial charge in [-0.05, 0) is 23.8 Å². The Morgan fingerprint density at radius 1 is 1.41 bits per heavy atom. The van der Waals surface area contributed by atoms with Crippen LogP contribution in [0.4, 0.5) is 0 Å². The van der Waals surface area contributed by atoms with Crippen molar-refractivity contribution >= 4 is 52.9 Å². The molecule has 2 aromatic rings. The minimum absolute atomic E-state index is 0. The van der Waals surface area contributed by atoms with Gasteiger partial charge in [-0.3, -0.25) is 4.99 Å². The molecule has 0 fully saturated rings. The van der Waals surface area contributed by atoms with E-state index in [-0.39, 0.29) is 24.0 Å². The van der Waals surface area contributed by atoms with Crippen LogP contribution in [0.2, 0.25) is 4.34 Å². The molecule has 2 heterocycles. The van der Waals surface area contributed by atoms with Crippen LogP contribution in [0.1, 0.15) is 16.5 Å². The fourth-order valence-electron chi connectivity index (χ4n) is 1.87. The number of aliphatic hydroxyl groups is 1. The average molecular weight is 455 g/mol. The number of aromatic nitrogens is 1. The smallest absolute Gasteiger partial charge is 0.191 e. The Morgan fingerprint density at radius 3 is 2.73 bits per heavy atom. The molecule has 5 nitrogen and oxygen atoms in total.